The van der Waals surface area contributed by atoms with E-state index in [1.54, 1.807) is 0 Å². The molecule has 2 aliphatic carbocycles. The minimum absolute atomic E-state index is 0.0612. The zero-order valence-electron chi connectivity index (χ0n) is 12.2. The van der Waals surface area contributed by atoms with Gasteiger partial charge in [0.1, 0.15) is 0 Å². The number of hydrogen-bond acceptors (Lipinski definition) is 2. The molecule has 1 saturated carbocycles. The van der Waals surface area contributed by atoms with Gasteiger partial charge in [-0.15, -0.1) is 0 Å². The number of rotatable bonds is 2. The van der Waals surface area contributed by atoms with Gasteiger partial charge in [0, 0.05) is 13.1 Å². The summed E-state index contributed by atoms with van der Waals surface area (Å²) < 4.78 is 0. The van der Waals surface area contributed by atoms with E-state index < -0.39 is 11.9 Å². The van der Waals surface area contributed by atoms with Gasteiger partial charge >= 0.3 is 5.97 Å². The zero-order chi connectivity index (χ0) is 14.4. The van der Waals surface area contributed by atoms with Crippen molar-refractivity contribution in [2.45, 2.75) is 26.7 Å². The molecule has 0 radical (unpaired) electrons. The van der Waals surface area contributed by atoms with Crippen LogP contribution >= 0.6 is 0 Å². The summed E-state index contributed by atoms with van der Waals surface area (Å²) in [6.07, 6.45) is 6.05. The number of carbonyl (C=O) groups excluding carboxylic acids is 1. The van der Waals surface area contributed by atoms with Crippen LogP contribution in [0.2, 0.25) is 0 Å². The molecular formula is C16H23NO3. The average Bonchev–Trinajstić information content (AvgIpc) is 2.96. The average molecular weight is 277 g/mol. The minimum atomic E-state index is -0.807. The molecule has 0 aromatic heterocycles. The van der Waals surface area contributed by atoms with Crippen molar-refractivity contribution in [2.24, 2.45) is 35.5 Å². The van der Waals surface area contributed by atoms with Crippen LogP contribution in [0.25, 0.3) is 0 Å². The van der Waals surface area contributed by atoms with Gasteiger partial charge in [0.15, 0.2) is 0 Å². The van der Waals surface area contributed by atoms with Crippen molar-refractivity contribution in [1.29, 1.82) is 0 Å². The first-order chi connectivity index (χ1) is 9.47. The molecule has 6 atom stereocenters. The van der Waals surface area contributed by atoms with Gasteiger partial charge in [0.2, 0.25) is 5.91 Å². The smallest absolute Gasteiger partial charge is 0.307 e. The van der Waals surface area contributed by atoms with Crippen LogP contribution in [0.5, 0.6) is 0 Å². The van der Waals surface area contributed by atoms with Crippen molar-refractivity contribution in [1.82, 2.24) is 4.90 Å². The fourth-order valence-corrected chi connectivity index (χ4v) is 4.55. The lowest BCUT2D eigenvalue weighted by molar-refractivity contribution is -0.152. The molecule has 0 aromatic rings. The number of allylic oxidation sites excluding steroid dienone is 2. The highest BCUT2D eigenvalue weighted by atomic mass is 16.4. The Morgan fingerprint density at radius 1 is 1.00 bits per heavy atom. The van der Waals surface area contributed by atoms with E-state index >= 15 is 0 Å². The van der Waals surface area contributed by atoms with Crippen LogP contribution in [0, 0.1) is 35.5 Å². The molecule has 3 aliphatic rings. The molecule has 1 aliphatic heterocycles. The lowest BCUT2D eigenvalue weighted by Gasteiger charge is -2.38. The van der Waals surface area contributed by atoms with Crippen LogP contribution in [0.15, 0.2) is 12.2 Å². The van der Waals surface area contributed by atoms with Crippen LogP contribution in [0.3, 0.4) is 0 Å². The second-order valence-corrected chi connectivity index (χ2v) is 7.03. The van der Waals surface area contributed by atoms with Crippen LogP contribution in [0.4, 0.5) is 0 Å². The number of amides is 1. The second-order valence-electron chi connectivity index (χ2n) is 7.03. The predicted molar refractivity (Wildman–Crippen MR) is 74.9 cm³/mol. The predicted octanol–water partition coefficient (Wildman–Crippen LogP) is 2.01. The lowest BCUT2D eigenvalue weighted by Crippen LogP contribution is -2.48. The minimum Gasteiger partial charge on any atom is -0.481 e. The highest BCUT2D eigenvalue weighted by Gasteiger charge is 2.52. The first-order valence-electron chi connectivity index (χ1n) is 7.67. The first kappa shape index (κ1) is 13.7. The number of hydrogen-bond donors (Lipinski definition) is 1. The highest BCUT2D eigenvalue weighted by Crippen LogP contribution is 2.49. The summed E-state index contributed by atoms with van der Waals surface area (Å²) in [4.78, 5) is 26.3. The fraction of sp³-hybridized carbons (Fsp3) is 0.750. The Hall–Kier alpha value is -1.32. The number of fused-ring (bicyclic) bond motifs is 2. The quantitative estimate of drug-likeness (QED) is 0.786. The third-order valence-corrected chi connectivity index (χ3v) is 5.21. The molecular weight excluding hydrogens is 254 g/mol. The SMILES string of the molecule is C[C@@H]1C[C@H](C)CN(C(=O)[C@@H]2[C@H](C(=O)O)[C@H]3C=C[C@H]2C3)C1. The van der Waals surface area contributed by atoms with E-state index in [1.165, 1.54) is 0 Å². The Bertz CT molecular complexity index is 449. The van der Waals surface area contributed by atoms with Gasteiger partial charge in [-0.3, -0.25) is 9.59 Å². The molecule has 3 rings (SSSR count). The molecule has 0 spiro atoms. The van der Waals surface area contributed by atoms with Crippen molar-refractivity contribution >= 4 is 11.9 Å². The maximum atomic E-state index is 12.8. The number of carboxylic acid groups (broad SMARTS) is 1. The molecule has 1 amide bonds. The van der Waals surface area contributed by atoms with Gasteiger partial charge in [0.25, 0.3) is 0 Å². The van der Waals surface area contributed by atoms with Crippen molar-refractivity contribution in [3.63, 3.8) is 0 Å². The van der Waals surface area contributed by atoms with Crippen molar-refractivity contribution < 1.29 is 14.7 Å². The number of aliphatic carboxylic acids is 1. The number of likely N-dealkylation sites (tertiary alicyclic amines) is 1. The molecule has 1 saturated heterocycles. The maximum absolute atomic E-state index is 12.8. The van der Waals surface area contributed by atoms with Gasteiger partial charge in [0.05, 0.1) is 11.8 Å². The standard InChI is InChI=1S/C16H23NO3/c1-9-5-10(2)8-17(7-9)15(18)13-11-3-4-12(6-11)14(13)16(19)20/h3-4,9-14H,5-8H2,1-2H3,(H,19,20)/t9-,10+,11-,12-,13-,14+/m0/s1. The summed E-state index contributed by atoms with van der Waals surface area (Å²) >= 11 is 0. The van der Waals surface area contributed by atoms with Crippen LogP contribution in [-0.4, -0.2) is 35.0 Å². The Morgan fingerprint density at radius 3 is 2.10 bits per heavy atom. The summed E-state index contributed by atoms with van der Waals surface area (Å²) in [5, 5.41) is 9.45. The molecule has 1 heterocycles. The number of nitrogens with zero attached hydrogens (tertiary/aromatic N) is 1. The van der Waals surface area contributed by atoms with E-state index in [-0.39, 0.29) is 23.7 Å². The molecule has 20 heavy (non-hydrogen) atoms. The van der Waals surface area contributed by atoms with Crippen molar-refractivity contribution in [2.75, 3.05) is 13.1 Å². The zero-order valence-corrected chi connectivity index (χ0v) is 12.2. The van der Waals surface area contributed by atoms with Crippen LogP contribution in [0.1, 0.15) is 26.7 Å². The Balaban J connectivity index is 1.79. The Labute approximate surface area is 119 Å². The Morgan fingerprint density at radius 2 is 1.55 bits per heavy atom. The molecule has 110 valence electrons. The number of piperidine rings is 1. The van der Waals surface area contributed by atoms with Crippen LogP contribution in [-0.2, 0) is 9.59 Å². The Kier molecular flexibility index (Phi) is 3.35. The fourth-order valence-electron chi connectivity index (χ4n) is 4.55. The molecule has 2 fully saturated rings. The third kappa shape index (κ3) is 2.15. The van der Waals surface area contributed by atoms with Gasteiger partial charge in [-0.05, 0) is 36.5 Å². The molecule has 4 heteroatoms. The molecule has 4 nitrogen and oxygen atoms in total. The molecule has 0 aromatic carbocycles. The summed E-state index contributed by atoms with van der Waals surface area (Å²) in [7, 11) is 0. The summed E-state index contributed by atoms with van der Waals surface area (Å²) in [6.45, 7) is 5.91. The van der Waals surface area contributed by atoms with Gasteiger partial charge in [-0.25, -0.2) is 0 Å². The van der Waals surface area contributed by atoms with E-state index in [4.69, 9.17) is 0 Å². The van der Waals surface area contributed by atoms with E-state index in [1.807, 2.05) is 11.0 Å². The summed E-state index contributed by atoms with van der Waals surface area (Å²) in [6, 6.07) is 0. The number of carbonyl (C=O) groups is 2. The molecule has 2 bridgehead atoms. The van der Waals surface area contributed by atoms with Gasteiger partial charge in [-0.2, -0.15) is 0 Å². The first-order valence-corrected chi connectivity index (χ1v) is 7.67. The van der Waals surface area contributed by atoms with E-state index in [0.717, 1.165) is 25.9 Å². The second kappa shape index (κ2) is 4.90. The number of carboxylic acids is 1. The van der Waals surface area contributed by atoms with Crippen molar-refractivity contribution in [3.05, 3.63) is 12.2 Å². The van der Waals surface area contributed by atoms with E-state index in [2.05, 4.69) is 19.9 Å². The van der Waals surface area contributed by atoms with Gasteiger partial charge in [-0.1, -0.05) is 26.0 Å². The molecule has 1 N–H and O–H groups in total. The summed E-state index contributed by atoms with van der Waals surface area (Å²) in [5.74, 6) is -0.344. The third-order valence-electron chi connectivity index (χ3n) is 5.21. The summed E-state index contributed by atoms with van der Waals surface area (Å²) in [5.41, 5.74) is 0. The topological polar surface area (TPSA) is 57.6 Å². The highest BCUT2D eigenvalue weighted by molar-refractivity contribution is 5.87. The maximum Gasteiger partial charge on any atom is 0.307 e. The normalized spacial score (nSPS) is 43.0. The van der Waals surface area contributed by atoms with E-state index in [9.17, 15) is 14.7 Å². The molecule has 0 unspecified atom stereocenters. The van der Waals surface area contributed by atoms with Gasteiger partial charge < -0.3 is 10.0 Å². The van der Waals surface area contributed by atoms with Crippen LogP contribution < -0.4 is 0 Å². The monoisotopic (exact) mass is 277 g/mol. The largest absolute Gasteiger partial charge is 0.481 e. The van der Waals surface area contributed by atoms with E-state index in [0.29, 0.717) is 11.8 Å². The lowest BCUT2D eigenvalue weighted by atomic mass is 9.81. The van der Waals surface area contributed by atoms with Crippen molar-refractivity contribution in [3.8, 4) is 0 Å².